The molecule has 4 heteroatoms. The molecule has 1 amide bonds. The normalized spacial score (nSPS) is 16.6. The molecular formula is C16H23NO3. The third kappa shape index (κ3) is 3.31. The molecule has 1 aliphatic rings. The SMILES string of the molecule is CCCOc1ccc(C(=O)N2CC(O)(CCC)C2)cc1. The first kappa shape index (κ1) is 14.9. The molecule has 0 saturated carbocycles. The van der Waals surface area contributed by atoms with Crippen molar-refractivity contribution in [2.45, 2.75) is 38.7 Å². The van der Waals surface area contributed by atoms with Crippen LogP contribution < -0.4 is 4.74 Å². The fraction of sp³-hybridized carbons (Fsp3) is 0.562. The van der Waals surface area contributed by atoms with E-state index in [0.29, 0.717) is 25.3 Å². The van der Waals surface area contributed by atoms with Crippen molar-refractivity contribution >= 4 is 5.91 Å². The lowest BCUT2D eigenvalue weighted by molar-refractivity contribution is -0.0860. The van der Waals surface area contributed by atoms with Crippen LogP contribution in [0, 0.1) is 0 Å². The van der Waals surface area contributed by atoms with Crippen molar-refractivity contribution < 1.29 is 14.6 Å². The van der Waals surface area contributed by atoms with Crippen molar-refractivity contribution in [1.29, 1.82) is 0 Å². The fourth-order valence-corrected chi connectivity index (χ4v) is 2.53. The number of likely N-dealkylation sites (tertiary alicyclic amines) is 1. The van der Waals surface area contributed by atoms with Gasteiger partial charge in [0, 0.05) is 5.56 Å². The van der Waals surface area contributed by atoms with Gasteiger partial charge in [0.25, 0.3) is 5.91 Å². The Kier molecular flexibility index (Phi) is 4.65. The van der Waals surface area contributed by atoms with Gasteiger partial charge in [-0.25, -0.2) is 0 Å². The van der Waals surface area contributed by atoms with E-state index >= 15 is 0 Å². The Balaban J connectivity index is 1.91. The Morgan fingerprint density at radius 3 is 2.45 bits per heavy atom. The highest BCUT2D eigenvalue weighted by atomic mass is 16.5. The van der Waals surface area contributed by atoms with E-state index in [-0.39, 0.29) is 5.91 Å². The Morgan fingerprint density at radius 2 is 1.90 bits per heavy atom. The predicted molar refractivity (Wildman–Crippen MR) is 78.0 cm³/mol. The van der Waals surface area contributed by atoms with Crippen LogP contribution in [0.2, 0.25) is 0 Å². The average Bonchev–Trinajstić information content (AvgIpc) is 2.42. The summed E-state index contributed by atoms with van der Waals surface area (Å²) in [5.74, 6) is 0.766. The first-order valence-corrected chi connectivity index (χ1v) is 7.32. The number of aliphatic hydroxyl groups is 1. The minimum atomic E-state index is -0.672. The molecule has 1 heterocycles. The molecular weight excluding hydrogens is 254 g/mol. The van der Waals surface area contributed by atoms with Gasteiger partial charge in [-0.3, -0.25) is 4.79 Å². The third-order valence-electron chi connectivity index (χ3n) is 3.55. The van der Waals surface area contributed by atoms with Gasteiger partial charge in [0.2, 0.25) is 0 Å². The number of amides is 1. The molecule has 0 bridgehead atoms. The van der Waals surface area contributed by atoms with Crippen LogP contribution in [0.4, 0.5) is 0 Å². The standard InChI is InChI=1S/C16H23NO3/c1-3-9-16(19)11-17(12-16)15(18)13-5-7-14(8-6-13)20-10-4-2/h5-8,19H,3-4,9-12H2,1-2H3. The van der Waals surface area contributed by atoms with E-state index in [1.807, 2.05) is 19.1 Å². The maximum absolute atomic E-state index is 12.2. The van der Waals surface area contributed by atoms with Gasteiger partial charge in [-0.15, -0.1) is 0 Å². The summed E-state index contributed by atoms with van der Waals surface area (Å²) in [5.41, 5.74) is -0.0263. The summed E-state index contributed by atoms with van der Waals surface area (Å²) < 4.78 is 5.49. The molecule has 2 rings (SSSR count). The van der Waals surface area contributed by atoms with Crippen molar-refractivity contribution in [3.63, 3.8) is 0 Å². The quantitative estimate of drug-likeness (QED) is 0.869. The molecule has 0 aromatic heterocycles. The summed E-state index contributed by atoms with van der Waals surface area (Å²) in [4.78, 5) is 13.9. The van der Waals surface area contributed by atoms with Crippen LogP contribution >= 0.6 is 0 Å². The summed E-state index contributed by atoms with van der Waals surface area (Å²) in [5, 5.41) is 10.1. The van der Waals surface area contributed by atoms with Gasteiger partial charge in [-0.1, -0.05) is 20.3 Å². The van der Waals surface area contributed by atoms with Gasteiger partial charge in [0.15, 0.2) is 0 Å². The highest BCUT2D eigenvalue weighted by Gasteiger charge is 2.42. The third-order valence-corrected chi connectivity index (χ3v) is 3.55. The molecule has 1 aliphatic heterocycles. The highest BCUT2D eigenvalue weighted by molar-refractivity contribution is 5.95. The van der Waals surface area contributed by atoms with Crippen molar-refractivity contribution in [2.24, 2.45) is 0 Å². The van der Waals surface area contributed by atoms with Crippen molar-refractivity contribution in [1.82, 2.24) is 4.90 Å². The zero-order valence-corrected chi connectivity index (χ0v) is 12.3. The van der Waals surface area contributed by atoms with Crippen molar-refractivity contribution in [3.8, 4) is 5.75 Å². The number of benzene rings is 1. The van der Waals surface area contributed by atoms with Crippen LogP contribution in [-0.2, 0) is 0 Å². The molecule has 1 saturated heterocycles. The predicted octanol–water partition coefficient (Wildman–Crippen LogP) is 2.46. The molecule has 1 N–H and O–H groups in total. The van der Waals surface area contributed by atoms with E-state index in [2.05, 4.69) is 6.92 Å². The Morgan fingerprint density at radius 1 is 1.25 bits per heavy atom. The number of hydrogen-bond donors (Lipinski definition) is 1. The molecule has 1 aromatic rings. The number of carbonyl (C=O) groups excluding carboxylic acids is 1. The first-order chi connectivity index (χ1) is 9.58. The Bertz CT molecular complexity index is 449. The summed E-state index contributed by atoms with van der Waals surface area (Å²) in [6, 6.07) is 7.21. The van der Waals surface area contributed by atoms with E-state index in [1.54, 1.807) is 17.0 Å². The summed E-state index contributed by atoms with van der Waals surface area (Å²) in [6.45, 7) is 5.65. The fourth-order valence-electron chi connectivity index (χ4n) is 2.53. The topological polar surface area (TPSA) is 49.8 Å². The van der Waals surface area contributed by atoms with Crippen molar-refractivity contribution in [2.75, 3.05) is 19.7 Å². The molecule has 1 fully saturated rings. The number of β-amino-alcohol motifs (C(OH)–C–C–N with tert-alkyl or cyclic N) is 1. The summed E-state index contributed by atoms with van der Waals surface area (Å²) in [6.07, 6.45) is 2.65. The van der Waals surface area contributed by atoms with Gasteiger partial charge >= 0.3 is 0 Å². The summed E-state index contributed by atoms with van der Waals surface area (Å²) in [7, 11) is 0. The number of carbonyl (C=O) groups is 1. The van der Waals surface area contributed by atoms with Crippen LogP contribution in [0.3, 0.4) is 0 Å². The average molecular weight is 277 g/mol. The maximum Gasteiger partial charge on any atom is 0.254 e. The minimum Gasteiger partial charge on any atom is -0.494 e. The Hall–Kier alpha value is -1.55. The van der Waals surface area contributed by atoms with E-state index < -0.39 is 5.60 Å². The smallest absolute Gasteiger partial charge is 0.254 e. The molecule has 0 spiro atoms. The zero-order chi connectivity index (χ0) is 14.6. The van der Waals surface area contributed by atoms with Crippen LogP contribution in [-0.4, -0.2) is 41.2 Å². The second-order valence-electron chi connectivity index (χ2n) is 5.51. The maximum atomic E-state index is 12.2. The molecule has 0 unspecified atom stereocenters. The molecule has 0 aliphatic carbocycles. The Labute approximate surface area is 120 Å². The van der Waals surface area contributed by atoms with Crippen LogP contribution in [0.1, 0.15) is 43.5 Å². The monoisotopic (exact) mass is 277 g/mol. The second-order valence-corrected chi connectivity index (χ2v) is 5.51. The van der Waals surface area contributed by atoms with Crippen LogP contribution in [0.25, 0.3) is 0 Å². The highest BCUT2D eigenvalue weighted by Crippen LogP contribution is 2.27. The molecule has 1 aromatic carbocycles. The molecule has 0 atom stereocenters. The van der Waals surface area contributed by atoms with Crippen LogP contribution in [0.5, 0.6) is 5.75 Å². The lowest BCUT2D eigenvalue weighted by Gasteiger charge is -2.46. The van der Waals surface area contributed by atoms with E-state index in [0.717, 1.165) is 25.0 Å². The number of rotatable bonds is 6. The zero-order valence-electron chi connectivity index (χ0n) is 12.3. The van der Waals surface area contributed by atoms with Gasteiger partial charge < -0.3 is 14.7 Å². The molecule has 110 valence electrons. The molecule has 0 radical (unpaired) electrons. The number of hydrogen-bond acceptors (Lipinski definition) is 3. The number of nitrogens with zero attached hydrogens (tertiary/aromatic N) is 1. The van der Waals surface area contributed by atoms with Gasteiger partial charge in [-0.2, -0.15) is 0 Å². The second kappa shape index (κ2) is 6.27. The lowest BCUT2D eigenvalue weighted by atomic mass is 9.89. The van der Waals surface area contributed by atoms with E-state index in [1.165, 1.54) is 0 Å². The van der Waals surface area contributed by atoms with E-state index in [4.69, 9.17) is 4.74 Å². The van der Waals surface area contributed by atoms with Crippen LogP contribution in [0.15, 0.2) is 24.3 Å². The van der Waals surface area contributed by atoms with Crippen molar-refractivity contribution in [3.05, 3.63) is 29.8 Å². The van der Waals surface area contributed by atoms with Gasteiger partial charge in [-0.05, 0) is 37.1 Å². The largest absolute Gasteiger partial charge is 0.494 e. The first-order valence-electron chi connectivity index (χ1n) is 7.32. The molecule has 20 heavy (non-hydrogen) atoms. The van der Waals surface area contributed by atoms with Gasteiger partial charge in [0.05, 0.1) is 25.3 Å². The molecule has 4 nitrogen and oxygen atoms in total. The minimum absolute atomic E-state index is 0.0205. The van der Waals surface area contributed by atoms with Gasteiger partial charge in [0.1, 0.15) is 5.75 Å². The number of ether oxygens (including phenoxy) is 1. The van der Waals surface area contributed by atoms with E-state index in [9.17, 15) is 9.90 Å². The lowest BCUT2D eigenvalue weighted by Crippen LogP contribution is -2.63. The summed E-state index contributed by atoms with van der Waals surface area (Å²) >= 11 is 0.